The van der Waals surface area contributed by atoms with Crippen molar-refractivity contribution in [3.63, 3.8) is 0 Å². The van der Waals surface area contributed by atoms with Crippen LogP contribution in [-0.4, -0.2) is 48.3 Å². The van der Waals surface area contributed by atoms with Crippen molar-refractivity contribution >= 4 is 28.4 Å². The molecule has 0 bridgehead atoms. The van der Waals surface area contributed by atoms with Crippen molar-refractivity contribution in [2.75, 3.05) is 31.1 Å². The molecule has 29 heavy (non-hydrogen) atoms. The number of benzene rings is 2. The predicted molar refractivity (Wildman–Crippen MR) is 114 cm³/mol. The van der Waals surface area contributed by atoms with Crippen molar-refractivity contribution in [1.29, 1.82) is 0 Å². The molecule has 0 radical (unpaired) electrons. The highest BCUT2D eigenvalue weighted by Gasteiger charge is 2.34. The molecule has 6 heteroatoms. The van der Waals surface area contributed by atoms with Gasteiger partial charge in [-0.1, -0.05) is 54.6 Å². The third-order valence-corrected chi connectivity index (χ3v) is 5.31. The van der Waals surface area contributed by atoms with E-state index in [0.717, 1.165) is 26.2 Å². The molecule has 1 aliphatic carbocycles. The number of fused-ring (bicyclic) bond motifs is 1. The first-order valence-corrected chi connectivity index (χ1v) is 9.69. The molecule has 3 N–H and O–H groups in total. The maximum absolute atomic E-state index is 10.8. The monoisotopic (exact) mass is 394 g/mol. The number of aliphatic carboxylic acids is 2. The standard InChI is InChI=1S/C14H16N2.C9H10O4/c1-2-6-13-12(4-1)5-3-7-14(13)16-10-8-15-9-11-16;1-9(8(12)13)4-2-3-6(5-9)7(10)11/h1-7,15H,8-11H2;2-4H,5H2,1H3,(H,10,11)(H,12,13)/t;9-/m.0/s1. The Bertz CT molecular complexity index is 955. The molecule has 0 saturated carbocycles. The van der Waals surface area contributed by atoms with Crippen molar-refractivity contribution in [3.8, 4) is 0 Å². The van der Waals surface area contributed by atoms with E-state index >= 15 is 0 Å². The zero-order valence-electron chi connectivity index (χ0n) is 16.5. The van der Waals surface area contributed by atoms with Crippen molar-refractivity contribution < 1.29 is 19.8 Å². The molecule has 4 rings (SSSR count). The number of nitrogens with zero attached hydrogens (tertiary/aromatic N) is 1. The SMILES string of the molecule is C[C@]1(C(=O)O)C=CC=C(C(=O)O)C1.c1ccc2c(N3CCNCC3)cccc2c1. The Morgan fingerprint density at radius 3 is 2.41 bits per heavy atom. The van der Waals surface area contributed by atoms with E-state index in [1.165, 1.54) is 41.6 Å². The summed E-state index contributed by atoms with van der Waals surface area (Å²) in [6, 6.07) is 15.2. The Labute approximate surface area is 170 Å². The number of allylic oxidation sites excluding steroid dienone is 2. The smallest absolute Gasteiger partial charge is 0.331 e. The Kier molecular flexibility index (Phi) is 6.34. The summed E-state index contributed by atoms with van der Waals surface area (Å²) in [5.41, 5.74) is 0.426. The molecule has 2 aliphatic rings. The van der Waals surface area contributed by atoms with Crippen LogP contribution in [0.1, 0.15) is 13.3 Å². The van der Waals surface area contributed by atoms with Crippen molar-refractivity contribution in [1.82, 2.24) is 5.32 Å². The van der Waals surface area contributed by atoms with Crippen molar-refractivity contribution in [2.45, 2.75) is 13.3 Å². The van der Waals surface area contributed by atoms with Gasteiger partial charge >= 0.3 is 11.9 Å². The molecule has 0 amide bonds. The average Bonchev–Trinajstić information content (AvgIpc) is 2.74. The quantitative estimate of drug-likeness (QED) is 0.740. The maximum Gasteiger partial charge on any atom is 0.331 e. The minimum absolute atomic E-state index is 0.0359. The van der Waals surface area contributed by atoms with Gasteiger partial charge in [-0.2, -0.15) is 0 Å². The van der Waals surface area contributed by atoms with Crippen molar-refractivity contribution in [3.05, 3.63) is 66.3 Å². The topological polar surface area (TPSA) is 89.9 Å². The lowest BCUT2D eigenvalue weighted by atomic mass is 9.80. The highest BCUT2D eigenvalue weighted by atomic mass is 16.4. The second kappa shape index (κ2) is 8.92. The van der Waals surface area contributed by atoms with Crippen LogP contribution in [0, 0.1) is 5.41 Å². The van der Waals surface area contributed by atoms with Gasteiger partial charge in [0.25, 0.3) is 0 Å². The number of carboxylic acid groups (broad SMARTS) is 2. The molecular formula is C23H26N2O4. The maximum atomic E-state index is 10.8. The van der Waals surface area contributed by atoms with Crippen LogP contribution < -0.4 is 10.2 Å². The molecule has 0 aromatic heterocycles. The summed E-state index contributed by atoms with van der Waals surface area (Å²) in [6.07, 6.45) is 4.43. The highest BCUT2D eigenvalue weighted by Crippen LogP contribution is 2.31. The van der Waals surface area contributed by atoms with Crippen LogP contribution in [0.3, 0.4) is 0 Å². The van der Waals surface area contributed by atoms with Gasteiger partial charge in [0.2, 0.25) is 0 Å². The summed E-state index contributed by atoms with van der Waals surface area (Å²) in [4.78, 5) is 23.8. The lowest BCUT2D eigenvalue weighted by Gasteiger charge is -2.30. The van der Waals surface area contributed by atoms with Gasteiger partial charge in [0, 0.05) is 42.8 Å². The number of hydrogen-bond donors (Lipinski definition) is 3. The molecule has 2 aromatic rings. The molecule has 6 nitrogen and oxygen atoms in total. The van der Waals surface area contributed by atoms with E-state index in [1.807, 2.05) is 0 Å². The molecule has 1 saturated heterocycles. The molecule has 1 fully saturated rings. The van der Waals surface area contributed by atoms with Gasteiger partial charge in [0.1, 0.15) is 0 Å². The fraction of sp³-hybridized carbons (Fsp3) is 0.304. The normalized spacial score (nSPS) is 21.1. The fourth-order valence-electron chi connectivity index (χ4n) is 3.57. The van der Waals surface area contributed by atoms with Crippen LogP contribution in [0.15, 0.2) is 66.3 Å². The van der Waals surface area contributed by atoms with Gasteiger partial charge in [0.05, 0.1) is 5.41 Å². The van der Waals surface area contributed by atoms with Gasteiger partial charge in [-0.25, -0.2) is 4.79 Å². The molecule has 1 aliphatic heterocycles. The van der Waals surface area contributed by atoms with Crippen LogP contribution >= 0.6 is 0 Å². The molecular weight excluding hydrogens is 368 g/mol. The van der Waals surface area contributed by atoms with Crippen LogP contribution in [0.4, 0.5) is 5.69 Å². The minimum Gasteiger partial charge on any atom is -0.481 e. The Balaban J connectivity index is 0.000000170. The lowest BCUT2D eigenvalue weighted by molar-refractivity contribution is -0.145. The number of carbonyl (C=O) groups is 2. The minimum atomic E-state index is -1.08. The van der Waals surface area contributed by atoms with E-state index in [9.17, 15) is 9.59 Å². The molecule has 1 heterocycles. The number of rotatable bonds is 3. The number of hydrogen-bond acceptors (Lipinski definition) is 4. The number of carboxylic acids is 2. The van der Waals surface area contributed by atoms with Crippen LogP contribution in [-0.2, 0) is 9.59 Å². The third-order valence-electron chi connectivity index (χ3n) is 5.31. The predicted octanol–water partition coefficient (Wildman–Crippen LogP) is 3.30. The van der Waals surface area contributed by atoms with Gasteiger partial charge in [0.15, 0.2) is 0 Å². The second-order valence-electron chi connectivity index (χ2n) is 7.49. The fourth-order valence-corrected chi connectivity index (χ4v) is 3.57. The van der Waals surface area contributed by atoms with Gasteiger partial charge in [-0.3, -0.25) is 4.79 Å². The molecule has 152 valence electrons. The van der Waals surface area contributed by atoms with E-state index in [1.54, 1.807) is 0 Å². The number of nitrogens with one attached hydrogen (secondary N) is 1. The largest absolute Gasteiger partial charge is 0.481 e. The molecule has 0 unspecified atom stereocenters. The highest BCUT2D eigenvalue weighted by molar-refractivity contribution is 5.94. The zero-order valence-corrected chi connectivity index (χ0v) is 16.5. The van der Waals surface area contributed by atoms with E-state index < -0.39 is 17.4 Å². The number of piperazine rings is 1. The molecule has 1 atom stereocenters. The first-order chi connectivity index (χ1) is 13.9. The Morgan fingerprint density at radius 2 is 1.72 bits per heavy atom. The van der Waals surface area contributed by atoms with E-state index in [4.69, 9.17) is 10.2 Å². The lowest BCUT2D eigenvalue weighted by Crippen LogP contribution is -2.43. The van der Waals surface area contributed by atoms with Gasteiger partial charge in [-0.15, -0.1) is 0 Å². The Morgan fingerprint density at radius 1 is 1.03 bits per heavy atom. The van der Waals surface area contributed by atoms with Crippen LogP contribution in [0.2, 0.25) is 0 Å². The molecule has 0 spiro atoms. The van der Waals surface area contributed by atoms with Gasteiger partial charge < -0.3 is 20.4 Å². The summed E-state index contributed by atoms with van der Waals surface area (Å²) in [7, 11) is 0. The molecule has 2 aromatic carbocycles. The van der Waals surface area contributed by atoms with Crippen molar-refractivity contribution in [2.24, 2.45) is 5.41 Å². The van der Waals surface area contributed by atoms with Crippen LogP contribution in [0.25, 0.3) is 10.8 Å². The summed E-state index contributed by atoms with van der Waals surface area (Å²) in [6.45, 7) is 5.89. The summed E-state index contributed by atoms with van der Waals surface area (Å²) < 4.78 is 0. The van der Waals surface area contributed by atoms with E-state index in [-0.39, 0.29) is 12.0 Å². The summed E-state index contributed by atoms with van der Waals surface area (Å²) in [5.74, 6) is -2.06. The third kappa shape index (κ3) is 4.84. The number of anilines is 1. The van der Waals surface area contributed by atoms with E-state index in [0.29, 0.717) is 0 Å². The van der Waals surface area contributed by atoms with Gasteiger partial charge in [-0.05, 0) is 24.8 Å². The zero-order chi connectivity index (χ0) is 20.9. The first-order valence-electron chi connectivity index (χ1n) is 9.69. The van der Waals surface area contributed by atoms with E-state index in [2.05, 4.69) is 52.7 Å². The van der Waals surface area contributed by atoms with Crippen LogP contribution in [0.5, 0.6) is 0 Å². The summed E-state index contributed by atoms with van der Waals surface area (Å²) >= 11 is 0. The Hall–Kier alpha value is -3.12. The average molecular weight is 394 g/mol. The first kappa shape index (κ1) is 20.6. The summed E-state index contributed by atoms with van der Waals surface area (Å²) in [5, 5.41) is 23.6. The second-order valence-corrected chi connectivity index (χ2v) is 7.49.